The van der Waals surface area contributed by atoms with Crippen LogP contribution in [0.3, 0.4) is 0 Å². The minimum Gasteiger partial charge on any atom is -0.464 e. The summed E-state index contributed by atoms with van der Waals surface area (Å²) in [6.45, 7) is 6.51. The van der Waals surface area contributed by atoms with Crippen LogP contribution in [0.25, 0.3) is 11.0 Å². The highest BCUT2D eigenvalue weighted by Gasteiger charge is 2.30. The molecule has 37 heavy (non-hydrogen) atoms. The molecular weight excluding hydrogens is 472 g/mol. The highest BCUT2D eigenvalue weighted by Crippen LogP contribution is 2.34. The number of fused-ring (bicyclic) bond motifs is 1. The van der Waals surface area contributed by atoms with Gasteiger partial charge in [0.25, 0.3) is 5.91 Å². The van der Waals surface area contributed by atoms with Crippen LogP contribution < -0.4 is 10.6 Å². The second-order valence-electron chi connectivity index (χ2n) is 10.3. The molecule has 0 unspecified atom stereocenters. The van der Waals surface area contributed by atoms with Crippen LogP contribution in [0.2, 0.25) is 0 Å². The standard InChI is InChI=1S/C28H36N4O5/c1-18(16-28(2,3)35)30-20-15-21-23(31-26(33)22-11-8-14-37-22)24(27(34)36-4)32(25(21)29-17-20)13-12-19-9-6-5-7-10-19/h5-7,9-10,15,17-18,22,30,35H,8,11-14,16H2,1-4H3,(H,31,33)/t18-,22+/m0/s1. The second kappa shape index (κ2) is 11.3. The molecular formula is C28H36N4O5. The van der Waals surface area contributed by atoms with Gasteiger partial charge in [-0.1, -0.05) is 30.3 Å². The van der Waals surface area contributed by atoms with Crippen molar-refractivity contribution in [3.8, 4) is 0 Å². The molecule has 3 aromatic rings. The lowest BCUT2D eigenvalue weighted by Gasteiger charge is -2.23. The molecule has 9 heteroatoms. The van der Waals surface area contributed by atoms with Gasteiger partial charge in [-0.05, 0) is 58.1 Å². The van der Waals surface area contributed by atoms with Gasteiger partial charge in [0.15, 0.2) is 5.69 Å². The molecule has 3 N–H and O–H groups in total. The quantitative estimate of drug-likeness (QED) is 0.353. The highest BCUT2D eigenvalue weighted by atomic mass is 16.5. The Morgan fingerprint density at radius 1 is 1.30 bits per heavy atom. The van der Waals surface area contributed by atoms with Gasteiger partial charge in [0.2, 0.25) is 0 Å². The average molecular weight is 509 g/mol. The number of esters is 1. The van der Waals surface area contributed by atoms with Gasteiger partial charge in [0.05, 0.1) is 30.3 Å². The van der Waals surface area contributed by atoms with Crippen molar-refractivity contribution >= 4 is 34.3 Å². The fourth-order valence-corrected chi connectivity index (χ4v) is 4.92. The number of hydrogen-bond donors (Lipinski definition) is 3. The second-order valence-corrected chi connectivity index (χ2v) is 10.3. The van der Waals surface area contributed by atoms with E-state index in [9.17, 15) is 14.7 Å². The number of methoxy groups -OCH3 is 1. The molecule has 0 spiro atoms. The summed E-state index contributed by atoms with van der Waals surface area (Å²) >= 11 is 0. The maximum Gasteiger partial charge on any atom is 0.356 e. The van der Waals surface area contributed by atoms with Gasteiger partial charge < -0.3 is 29.8 Å². The maximum atomic E-state index is 13.1. The van der Waals surface area contributed by atoms with E-state index in [-0.39, 0.29) is 17.6 Å². The number of nitrogens with zero attached hydrogens (tertiary/aromatic N) is 2. The molecule has 0 aliphatic carbocycles. The summed E-state index contributed by atoms with van der Waals surface area (Å²) in [6.07, 6.45) is 3.78. The number of aromatic nitrogens is 2. The Morgan fingerprint density at radius 3 is 2.70 bits per heavy atom. The average Bonchev–Trinajstić information content (AvgIpc) is 3.49. The van der Waals surface area contributed by atoms with Gasteiger partial charge in [-0.25, -0.2) is 9.78 Å². The lowest BCUT2D eigenvalue weighted by atomic mass is 10.0. The first-order chi connectivity index (χ1) is 17.7. The molecule has 0 bridgehead atoms. The van der Waals surface area contributed by atoms with E-state index in [4.69, 9.17) is 14.5 Å². The zero-order chi connectivity index (χ0) is 26.6. The Morgan fingerprint density at radius 2 is 2.05 bits per heavy atom. The summed E-state index contributed by atoms with van der Waals surface area (Å²) in [5.74, 6) is -0.850. The first-order valence-corrected chi connectivity index (χ1v) is 12.7. The number of hydrogen-bond acceptors (Lipinski definition) is 7. The van der Waals surface area contributed by atoms with Crippen molar-refractivity contribution in [3.05, 3.63) is 53.9 Å². The van der Waals surface area contributed by atoms with Gasteiger partial charge in [-0.2, -0.15) is 0 Å². The summed E-state index contributed by atoms with van der Waals surface area (Å²) < 4.78 is 12.5. The maximum absolute atomic E-state index is 13.1. The molecule has 1 amide bonds. The van der Waals surface area contributed by atoms with Crippen molar-refractivity contribution in [3.63, 3.8) is 0 Å². The van der Waals surface area contributed by atoms with Crippen molar-refractivity contribution in [2.24, 2.45) is 0 Å². The number of benzene rings is 1. The van der Waals surface area contributed by atoms with Crippen LogP contribution in [-0.4, -0.2) is 58.0 Å². The molecule has 1 aliphatic heterocycles. The number of aliphatic hydroxyl groups is 1. The molecule has 1 aromatic carbocycles. The molecule has 2 aromatic heterocycles. The molecule has 198 valence electrons. The molecule has 1 aliphatic rings. The summed E-state index contributed by atoms with van der Waals surface area (Å²) in [7, 11) is 1.33. The Labute approximate surface area is 217 Å². The molecule has 0 saturated carbocycles. The molecule has 3 heterocycles. The number of ether oxygens (including phenoxy) is 2. The Hall–Kier alpha value is -3.43. The summed E-state index contributed by atoms with van der Waals surface area (Å²) in [6, 6.07) is 11.8. The minimum absolute atomic E-state index is 0.0376. The van der Waals surface area contributed by atoms with Gasteiger partial charge in [0.1, 0.15) is 11.8 Å². The first kappa shape index (κ1) is 26.6. The first-order valence-electron chi connectivity index (χ1n) is 12.7. The van der Waals surface area contributed by atoms with Crippen molar-refractivity contribution in [2.75, 3.05) is 24.4 Å². The summed E-state index contributed by atoms with van der Waals surface area (Å²) in [4.78, 5) is 30.8. The minimum atomic E-state index is -0.830. The Balaban J connectivity index is 1.76. The van der Waals surface area contributed by atoms with E-state index in [0.29, 0.717) is 54.8 Å². The Kier molecular flexibility index (Phi) is 8.14. The van der Waals surface area contributed by atoms with E-state index in [2.05, 4.69) is 10.6 Å². The number of pyridine rings is 1. The summed E-state index contributed by atoms with van der Waals surface area (Å²) in [5, 5.41) is 17.1. The van der Waals surface area contributed by atoms with Crippen LogP contribution in [0.1, 0.15) is 56.1 Å². The molecule has 1 saturated heterocycles. The fraction of sp³-hybridized carbons (Fsp3) is 0.464. The van der Waals surface area contributed by atoms with E-state index in [1.54, 1.807) is 20.0 Å². The van der Waals surface area contributed by atoms with Gasteiger partial charge >= 0.3 is 5.97 Å². The number of carbonyl (C=O) groups is 2. The summed E-state index contributed by atoms with van der Waals surface area (Å²) in [5.41, 5.74) is 2.18. The molecule has 4 rings (SSSR count). The SMILES string of the molecule is COC(=O)c1c(NC(=O)[C@H]2CCCO2)c2cc(N[C@@H](C)CC(C)(C)O)cnc2n1CCc1ccccc1. The van der Waals surface area contributed by atoms with Gasteiger partial charge in [-0.3, -0.25) is 4.79 Å². The lowest BCUT2D eigenvalue weighted by molar-refractivity contribution is -0.124. The van der Waals surface area contributed by atoms with Crippen LogP contribution in [-0.2, 0) is 27.2 Å². The third-order valence-corrected chi connectivity index (χ3v) is 6.43. The molecule has 2 atom stereocenters. The third kappa shape index (κ3) is 6.47. The fourth-order valence-electron chi connectivity index (χ4n) is 4.92. The van der Waals surface area contributed by atoms with Crippen LogP contribution in [0.5, 0.6) is 0 Å². The van der Waals surface area contributed by atoms with E-state index >= 15 is 0 Å². The molecule has 0 radical (unpaired) electrons. The van der Waals surface area contributed by atoms with Crippen LogP contribution in [0.4, 0.5) is 11.4 Å². The smallest absolute Gasteiger partial charge is 0.356 e. The number of rotatable bonds is 10. The van der Waals surface area contributed by atoms with Crippen LogP contribution in [0, 0.1) is 0 Å². The van der Waals surface area contributed by atoms with Gasteiger partial charge in [-0.15, -0.1) is 0 Å². The van der Waals surface area contributed by atoms with Crippen LogP contribution >= 0.6 is 0 Å². The largest absolute Gasteiger partial charge is 0.464 e. The number of nitrogens with one attached hydrogen (secondary N) is 2. The topological polar surface area (TPSA) is 115 Å². The predicted octanol–water partition coefficient (Wildman–Crippen LogP) is 4.14. The Bertz CT molecular complexity index is 1240. The van der Waals surface area contributed by atoms with E-state index in [0.717, 1.165) is 12.0 Å². The predicted molar refractivity (Wildman–Crippen MR) is 143 cm³/mol. The van der Waals surface area contributed by atoms with Crippen molar-refractivity contribution in [1.82, 2.24) is 9.55 Å². The molecule has 9 nitrogen and oxygen atoms in total. The monoisotopic (exact) mass is 508 g/mol. The number of carbonyl (C=O) groups excluding carboxylic acids is 2. The zero-order valence-electron chi connectivity index (χ0n) is 21.9. The normalized spacial score (nSPS) is 16.5. The van der Waals surface area contributed by atoms with E-state index in [1.807, 2.05) is 47.9 Å². The van der Waals surface area contributed by atoms with E-state index in [1.165, 1.54) is 7.11 Å². The van der Waals surface area contributed by atoms with Crippen molar-refractivity contribution in [2.45, 2.75) is 70.7 Å². The van der Waals surface area contributed by atoms with E-state index < -0.39 is 17.7 Å². The van der Waals surface area contributed by atoms with Crippen molar-refractivity contribution < 1.29 is 24.2 Å². The molecule has 1 fully saturated rings. The third-order valence-electron chi connectivity index (χ3n) is 6.43. The lowest BCUT2D eigenvalue weighted by Crippen LogP contribution is -2.29. The highest BCUT2D eigenvalue weighted by molar-refractivity contribution is 6.12. The van der Waals surface area contributed by atoms with Crippen LogP contribution in [0.15, 0.2) is 42.6 Å². The van der Waals surface area contributed by atoms with Gasteiger partial charge in [0, 0.05) is 24.6 Å². The van der Waals surface area contributed by atoms with Crippen molar-refractivity contribution in [1.29, 1.82) is 0 Å². The number of anilines is 2. The number of amides is 1. The zero-order valence-corrected chi connectivity index (χ0v) is 21.9. The number of aryl methyl sites for hydroxylation is 2.